The van der Waals surface area contributed by atoms with Crippen molar-refractivity contribution in [2.45, 2.75) is 20.3 Å². The van der Waals surface area contributed by atoms with Gasteiger partial charge in [-0.3, -0.25) is 24.6 Å². The van der Waals surface area contributed by atoms with Gasteiger partial charge in [0.05, 0.1) is 10.5 Å². The van der Waals surface area contributed by atoms with Gasteiger partial charge in [-0.15, -0.1) is 0 Å². The molecule has 0 aliphatic carbocycles. The summed E-state index contributed by atoms with van der Waals surface area (Å²) in [7, 11) is 0. The van der Waals surface area contributed by atoms with Gasteiger partial charge in [0, 0.05) is 19.0 Å². The van der Waals surface area contributed by atoms with E-state index in [-0.39, 0.29) is 34.1 Å². The number of rotatable bonds is 3. The van der Waals surface area contributed by atoms with E-state index in [0.29, 0.717) is 13.0 Å². The molecule has 0 aromatic carbocycles. The van der Waals surface area contributed by atoms with Crippen molar-refractivity contribution in [3.05, 3.63) is 33.1 Å². The summed E-state index contributed by atoms with van der Waals surface area (Å²) in [5, 5.41) is 10.6. The number of hydrogen-bond acceptors (Lipinski definition) is 5. The molecular weight excluding hydrogens is 298 g/mol. The third-order valence-electron chi connectivity index (χ3n) is 3.61. The van der Waals surface area contributed by atoms with E-state index in [9.17, 15) is 19.7 Å². The van der Waals surface area contributed by atoms with Gasteiger partial charge >= 0.3 is 0 Å². The monoisotopic (exact) mass is 311 g/mol. The lowest BCUT2D eigenvalue weighted by Gasteiger charge is -2.16. The van der Waals surface area contributed by atoms with Crippen LogP contribution in [0.15, 0.2) is 12.3 Å². The third kappa shape index (κ3) is 3.02. The lowest BCUT2D eigenvalue weighted by Crippen LogP contribution is -2.33. The second kappa shape index (κ2) is 5.77. The number of nitrogens with zero attached hydrogens (tertiary/aromatic N) is 3. The zero-order chi connectivity index (χ0) is 15.7. The highest BCUT2D eigenvalue weighted by Gasteiger charge is 2.36. The molecule has 1 saturated heterocycles. The molecule has 2 rings (SSSR count). The fourth-order valence-corrected chi connectivity index (χ4v) is 2.39. The van der Waals surface area contributed by atoms with Gasteiger partial charge < -0.3 is 0 Å². The first kappa shape index (κ1) is 15.4. The van der Waals surface area contributed by atoms with Crippen LogP contribution in [0.25, 0.3) is 0 Å². The zero-order valence-electron chi connectivity index (χ0n) is 11.6. The maximum absolute atomic E-state index is 12.4. The summed E-state index contributed by atoms with van der Waals surface area (Å²) in [6.07, 6.45) is 1.27. The molecule has 1 aromatic rings. The van der Waals surface area contributed by atoms with E-state index in [2.05, 4.69) is 4.98 Å². The third-order valence-corrected chi connectivity index (χ3v) is 3.91. The Hall–Kier alpha value is -2.02. The Bertz CT molecular complexity index is 617. The Labute approximate surface area is 126 Å². The second-order valence-corrected chi connectivity index (χ2v) is 5.66. The van der Waals surface area contributed by atoms with Crippen LogP contribution in [0.5, 0.6) is 0 Å². The van der Waals surface area contributed by atoms with Gasteiger partial charge in [0.15, 0.2) is 0 Å². The molecule has 1 aliphatic rings. The quantitative estimate of drug-likeness (QED) is 0.369. The van der Waals surface area contributed by atoms with Crippen molar-refractivity contribution in [1.82, 2.24) is 9.88 Å². The van der Waals surface area contributed by atoms with Gasteiger partial charge in [0.25, 0.3) is 11.6 Å². The number of imide groups is 1. The summed E-state index contributed by atoms with van der Waals surface area (Å²) in [6.45, 7) is 4.26. The van der Waals surface area contributed by atoms with Crippen LogP contribution in [0, 0.1) is 22.0 Å². The van der Waals surface area contributed by atoms with Crippen LogP contribution in [-0.2, 0) is 4.79 Å². The highest BCUT2D eigenvalue weighted by Crippen LogP contribution is 2.28. The predicted octanol–water partition coefficient (Wildman–Crippen LogP) is 2.29. The van der Waals surface area contributed by atoms with E-state index in [4.69, 9.17) is 11.6 Å². The Morgan fingerprint density at radius 3 is 2.76 bits per heavy atom. The summed E-state index contributed by atoms with van der Waals surface area (Å²) < 4.78 is 0. The summed E-state index contributed by atoms with van der Waals surface area (Å²) in [6, 6.07) is 1.05. The molecule has 0 N–H and O–H groups in total. The summed E-state index contributed by atoms with van der Waals surface area (Å²) in [4.78, 5) is 39.1. The first-order valence-corrected chi connectivity index (χ1v) is 6.83. The SMILES string of the molecule is CC(C)C1CC(=O)N(C(=O)c2cc([N+](=O)[O-])cnc2Cl)C1. The fourth-order valence-electron chi connectivity index (χ4n) is 2.21. The number of nitro groups is 1. The minimum Gasteiger partial charge on any atom is -0.278 e. The summed E-state index contributed by atoms with van der Waals surface area (Å²) in [5.74, 6) is -0.567. The molecule has 0 saturated carbocycles. The van der Waals surface area contributed by atoms with Crippen molar-refractivity contribution in [3.63, 3.8) is 0 Å². The number of hydrogen-bond donors (Lipinski definition) is 0. The van der Waals surface area contributed by atoms with Crippen LogP contribution >= 0.6 is 11.6 Å². The highest BCUT2D eigenvalue weighted by molar-refractivity contribution is 6.33. The number of aromatic nitrogens is 1. The Morgan fingerprint density at radius 1 is 1.57 bits per heavy atom. The van der Waals surface area contributed by atoms with Gasteiger partial charge in [0.1, 0.15) is 11.3 Å². The largest absolute Gasteiger partial charge is 0.288 e. The molecule has 21 heavy (non-hydrogen) atoms. The second-order valence-electron chi connectivity index (χ2n) is 5.31. The highest BCUT2D eigenvalue weighted by atomic mass is 35.5. The molecule has 2 amide bonds. The van der Waals surface area contributed by atoms with Crippen molar-refractivity contribution < 1.29 is 14.5 Å². The molecule has 1 unspecified atom stereocenters. The average Bonchev–Trinajstić information content (AvgIpc) is 2.80. The topological polar surface area (TPSA) is 93.4 Å². The number of pyridine rings is 1. The first-order chi connectivity index (χ1) is 9.81. The fraction of sp³-hybridized carbons (Fsp3) is 0.462. The van der Waals surface area contributed by atoms with Crippen LogP contribution in [0.4, 0.5) is 5.69 Å². The van der Waals surface area contributed by atoms with Gasteiger partial charge in [-0.2, -0.15) is 0 Å². The number of amides is 2. The van der Waals surface area contributed by atoms with Gasteiger partial charge in [-0.25, -0.2) is 4.98 Å². The van der Waals surface area contributed by atoms with E-state index < -0.39 is 10.8 Å². The smallest absolute Gasteiger partial charge is 0.278 e. The summed E-state index contributed by atoms with van der Waals surface area (Å²) in [5.41, 5.74) is -0.460. The van der Waals surface area contributed by atoms with Crippen LogP contribution in [0.1, 0.15) is 30.6 Å². The number of carbonyl (C=O) groups excluding carboxylic acids is 2. The van der Waals surface area contributed by atoms with E-state index in [1.807, 2.05) is 13.8 Å². The lowest BCUT2D eigenvalue weighted by atomic mass is 9.95. The lowest BCUT2D eigenvalue weighted by molar-refractivity contribution is -0.385. The molecule has 2 heterocycles. The average molecular weight is 312 g/mol. The number of halogens is 1. The molecule has 112 valence electrons. The van der Waals surface area contributed by atoms with Crippen molar-refractivity contribution in [1.29, 1.82) is 0 Å². The van der Waals surface area contributed by atoms with E-state index >= 15 is 0 Å². The van der Waals surface area contributed by atoms with Crippen LogP contribution in [-0.4, -0.2) is 33.2 Å². The van der Waals surface area contributed by atoms with Gasteiger partial charge in [-0.05, 0) is 11.8 Å². The molecular formula is C13H14ClN3O4. The summed E-state index contributed by atoms with van der Waals surface area (Å²) >= 11 is 5.83. The normalized spacial score (nSPS) is 18.4. The van der Waals surface area contributed by atoms with E-state index in [1.165, 1.54) is 0 Å². The van der Waals surface area contributed by atoms with Crippen molar-refractivity contribution >= 4 is 29.1 Å². The molecule has 0 spiro atoms. The molecule has 7 nitrogen and oxygen atoms in total. The Morgan fingerprint density at radius 2 is 2.24 bits per heavy atom. The first-order valence-electron chi connectivity index (χ1n) is 6.46. The predicted molar refractivity (Wildman–Crippen MR) is 74.9 cm³/mol. The van der Waals surface area contributed by atoms with Crippen molar-refractivity contribution in [3.8, 4) is 0 Å². The molecule has 0 radical (unpaired) electrons. The maximum atomic E-state index is 12.4. The maximum Gasteiger partial charge on any atom is 0.288 e. The zero-order valence-corrected chi connectivity index (χ0v) is 12.3. The molecule has 8 heteroatoms. The minimum atomic E-state index is -0.664. The molecule has 1 aliphatic heterocycles. The minimum absolute atomic E-state index is 0.0897. The Kier molecular flexibility index (Phi) is 4.22. The molecule has 1 atom stereocenters. The molecule has 1 fully saturated rings. The van der Waals surface area contributed by atoms with E-state index in [0.717, 1.165) is 17.2 Å². The van der Waals surface area contributed by atoms with E-state index in [1.54, 1.807) is 0 Å². The van der Waals surface area contributed by atoms with Crippen LogP contribution < -0.4 is 0 Å². The number of likely N-dealkylation sites (tertiary alicyclic amines) is 1. The van der Waals surface area contributed by atoms with Crippen molar-refractivity contribution in [2.75, 3.05) is 6.54 Å². The molecule has 1 aromatic heterocycles. The van der Waals surface area contributed by atoms with Crippen LogP contribution in [0.3, 0.4) is 0 Å². The van der Waals surface area contributed by atoms with Crippen LogP contribution in [0.2, 0.25) is 5.15 Å². The standard InChI is InChI=1S/C13H14ClN3O4/c1-7(2)8-3-11(18)16(6-8)13(19)10-4-9(17(20)21)5-15-12(10)14/h4-5,7-8H,3,6H2,1-2H3. The number of carbonyl (C=O) groups is 2. The van der Waals surface area contributed by atoms with Gasteiger partial charge in [-0.1, -0.05) is 25.4 Å². The Balaban J connectivity index is 2.30. The molecule has 0 bridgehead atoms. The van der Waals surface area contributed by atoms with Gasteiger partial charge in [0.2, 0.25) is 5.91 Å². The van der Waals surface area contributed by atoms with Crippen molar-refractivity contribution in [2.24, 2.45) is 11.8 Å².